The first-order valence-corrected chi connectivity index (χ1v) is 10.9. The quantitative estimate of drug-likeness (QED) is 0.329. The minimum atomic E-state index is 0. The number of thiazole rings is 1. The molecule has 0 unspecified atom stereocenters. The Morgan fingerprint density at radius 1 is 1.10 bits per heavy atom. The molecular formula is C21H33IN6S. The zero-order valence-corrected chi connectivity index (χ0v) is 20.8. The molecule has 1 aromatic heterocycles. The van der Waals surface area contributed by atoms with Gasteiger partial charge < -0.3 is 15.5 Å². The van der Waals surface area contributed by atoms with Crippen molar-refractivity contribution in [3.8, 4) is 0 Å². The van der Waals surface area contributed by atoms with Crippen LogP contribution in [0.2, 0.25) is 0 Å². The van der Waals surface area contributed by atoms with Crippen LogP contribution in [0.25, 0.3) is 0 Å². The Morgan fingerprint density at radius 2 is 1.79 bits per heavy atom. The van der Waals surface area contributed by atoms with Crippen LogP contribution in [-0.4, -0.2) is 60.5 Å². The molecule has 160 valence electrons. The lowest BCUT2D eigenvalue weighted by molar-refractivity contribution is 0.148. The second-order valence-corrected chi connectivity index (χ2v) is 8.63. The van der Waals surface area contributed by atoms with Crippen LogP contribution in [0.1, 0.15) is 27.9 Å². The Morgan fingerprint density at radius 3 is 2.41 bits per heavy atom. The van der Waals surface area contributed by atoms with E-state index in [9.17, 15) is 0 Å². The molecule has 0 bridgehead atoms. The normalized spacial score (nSPS) is 15.8. The largest absolute Gasteiger partial charge is 0.357 e. The topological polar surface area (TPSA) is 55.8 Å². The first kappa shape index (κ1) is 24.0. The summed E-state index contributed by atoms with van der Waals surface area (Å²) in [5.74, 6) is 0.830. The van der Waals surface area contributed by atoms with Gasteiger partial charge in [-0.3, -0.25) is 4.90 Å². The molecule has 2 aromatic rings. The maximum Gasteiger partial charge on any atom is 0.191 e. The Balaban J connectivity index is 0.00000300. The highest BCUT2D eigenvalue weighted by Gasteiger charge is 2.13. The van der Waals surface area contributed by atoms with Crippen molar-refractivity contribution >= 4 is 41.3 Å². The molecule has 1 aliphatic rings. The highest BCUT2D eigenvalue weighted by atomic mass is 127. The van der Waals surface area contributed by atoms with E-state index in [4.69, 9.17) is 4.99 Å². The summed E-state index contributed by atoms with van der Waals surface area (Å²) in [5, 5.41) is 7.75. The number of likely N-dealkylation sites (N-methyl/N-ethyl adjacent to an activating group) is 1. The Hall–Kier alpha value is -1.23. The van der Waals surface area contributed by atoms with Gasteiger partial charge in [-0.05, 0) is 32.0 Å². The zero-order chi connectivity index (χ0) is 19.8. The summed E-state index contributed by atoms with van der Waals surface area (Å²) in [6, 6.07) is 8.87. The molecular weight excluding hydrogens is 495 g/mol. The summed E-state index contributed by atoms with van der Waals surface area (Å²) in [4.78, 5) is 15.3. The van der Waals surface area contributed by atoms with Crippen molar-refractivity contribution in [1.29, 1.82) is 0 Å². The lowest BCUT2D eigenvalue weighted by atomic mass is 10.1. The van der Waals surface area contributed by atoms with E-state index in [2.05, 4.69) is 70.6 Å². The number of aromatic nitrogens is 1. The maximum absolute atomic E-state index is 4.71. The third-order valence-electron chi connectivity index (χ3n) is 4.87. The van der Waals surface area contributed by atoms with Crippen molar-refractivity contribution in [3.63, 3.8) is 0 Å². The van der Waals surface area contributed by atoms with E-state index in [-0.39, 0.29) is 24.0 Å². The van der Waals surface area contributed by atoms with Crippen molar-refractivity contribution < 1.29 is 0 Å². The molecule has 2 N–H and O–H groups in total. The summed E-state index contributed by atoms with van der Waals surface area (Å²) >= 11 is 1.72. The summed E-state index contributed by atoms with van der Waals surface area (Å²) in [6.45, 7) is 12.0. The van der Waals surface area contributed by atoms with Gasteiger partial charge in [0.15, 0.2) is 5.96 Å². The van der Waals surface area contributed by atoms with Gasteiger partial charge in [0.2, 0.25) is 0 Å². The highest BCUT2D eigenvalue weighted by Crippen LogP contribution is 2.11. The van der Waals surface area contributed by atoms with Crippen LogP contribution in [0, 0.1) is 6.92 Å². The summed E-state index contributed by atoms with van der Waals surface area (Å²) < 4.78 is 0. The molecule has 0 saturated carbocycles. The molecule has 0 atom stereocenters. The van der Waals surface area contributed by atoms with Crippen LogP contribution < -0.4 is 10.6 Å². The highest BCUT2D eigenvalue weighted by molar-refractivity contribution is 14.0. The summed E-state index contributed by atoms with van der Waals surface area (Å²) in [6.07, 6.45) is 1.91. The van der Waals surface area contributed by atoms with Crippen LogP contribution in [0.15, 0.2) is 35.5 Å². The third-order valence-corrected chi connectivity index (χ3v) is 5.78. The standard InChI is InChI=1S/C21H32N6S.HI/c1-4-22-21(25-15-20-23-13-17(2)28-20)24-14-18-5-7-19(8-6-18)16-27-11-9-26(3)10-12-27;/h5-8,13H,4,9-12,14-16H2,1-3H3,(H2,22,24,25);1H. The average Bonchev–Trinajstić information content (AvgIpc) is 3.12. The SMILES string of the molecule is CCNC(=NCc1ccc(CN2CCN(C)CC2)cc1)NCc1ncc(C)s1.I. The minimum absolute atomic E-state index is 0. The fourth-order valence-electron chi connectivity index (χ4n) is 3.17. The van der Waals surface area contributed by atoms with Gasteiger partial charge in [0.05, 0.1) is 13.1 Å². The van der Waals surface area contributed by atoms with Gasteiger partial charge in [0.1, 0.15) is 5.01 Å². The molecule has 0 radical (unpaired) electrons. The average molecular weight is 529 g/mol. The molecule has 1 saturated heterocycles. The molecule has 29 heavy (non-hydrogen) atoms. The van der Waals surface area contributed by atoms with E-state index in [0.29, 0.717) is 13.1 Å². The van der Waals surface area contributed by atoms with Crippen LogP contribution in [0.5, 0.6) is 0 Å². The second kappa shape index (κ2) is 12.5. The molecule has 0 amide bonds. The lowest BCUT2D eigenvalue weighted by Gasteiger charge is -2.32. The van der Waals surface area contributed by atoms with Gasteiger partial charge >= 0.3 is 0 Å². The van der Waals surface area contributed by atoms with Gasteiger partial charge in [0.25, 0.3) is 0 Å². The first-order chi connectivity index (χ1) is 13.6. The maximum atomic E-state index is 4.71. The molecule has 2 heterocycles. The van der Waals surface area contributed by atoms with E-state index in [0.717, 1.165) is 50.2 Å². The Labute approximate surface area is 195 Å². The van der Waals surface area contributed by atoms with E-state index in [1.807, 2.05) is 6.20 Å². The number of nitrogens with one attached hydrogen (secondary N) is 2. The van der Waals surface area contributed by atoms with Crippen molar-refractivity contribution in [1.82, 2.24) is 25.4 Å². The molecule has 0 aliphatic carbocycles. The van der Waals surface area contributed by atoms with Crippen LogP contribution >= 0.6 is 35.3 Å². The fraction of sp³-hybridized carbons (Fsp3) is 0.524. The van der Waals surface area contributed by atoms with E-state index < -0.39 is 0 Å². The number of hydrogen-bond donors (Lipinski definition) is 2. The second-order valence-electron chi connectivity index (χ2n) is 7.31. The van der Waals surface area contributed by atoms with Crippen LogP contribution in [-0.2, 0) is 19.6 Å². The summed E-state index contributed by atoms with van der Waals surface area (Å²) in [5.41, 5.74) is 2.60. The first-order valence-electron chi connectivity index (χ1n) is 10.0. The number of aliphatic imine (C=N–C) groups is 1. The Kier molecular flexibility index (Phi) is 10.3. The summed E-state index contributed by atoms with van der Waals surface area (Å²) in [7, 11) is 2.20. The van der Waals surface area contributed by atoms with Gasteiger partial charge in [-0.2, -0.15) is 0 Å². The minimum Gasteiger partial charge on any atom is -0.357 e. The van der Waals surface area contributed by atoms with Crippen molar-refractivity contribution in [2.75, 3.05) is 39.8 Å². The number of benzene rings is 1. The van der Waals surface area contributed by atoms with Gasteiger partial charge in [-0.15, -0.1) is 35.3 Å². The van der Waals surface area contributed by atoms with Crippen molar-refractivity contribution in [2.45, 2.75) is 33.5 Å². The smallest absolute Gasteiger partial charge is 0.191 e. The van der Waals surface area contributed by atoms with E-state index in [1.54, 1.807) is 11.3 Å². The molecule has 1 fully saturated rings. The number of piperazine rings is 1. The molecule has 3 rings (SSSR count). The number of guanidine groups is 1. The number of aryl methyl sites for hydroxylation is 1. The Bertz CT molecular complexity index is 753. The molecule has 1 aromatic carbocycles. The third kappa shape index (κ3) is 8.19. The number of halogens is 1. The van der Waals surface area contributed by atoms with E-state index in [1.165, 1.54) is 16.0 Å². The lowest BCUT2D eigenvalue weighted by Crippen LogP contribution is -2.43. The van der Waals surface area contributed by atoms with Crippen LogP contribution in [0.3, 0.4) is 0 Å². The molecule has 0 spiro atoms. The predicted octanol–water partition coefficient (Wildman–Crippen LogP) is 3.07. The number of nitrogens with zero attached hydrogens (tertiary/aromatic N) is 4. The fourth-order valence-corrected chi connectivity index (χ4v) is 3.90. The number of rotatable bonds is 7. The van der Waals surface area contributed by atoms with Crippen molar-refractivity contribution in [3.05, 3.63) is 51.5 Å². The van der Waals surface area contributed by atoms with Gasteiger partial charge in [-0.1, -0.05) is 24.3 Å². The number of hydrogen-bond acceptors (Lipinski definition) is 5. The van der Waals surface area contributed by atoms with Crippen molar-refractivity contribution in [2.24, 2.45) is 4.99 Å². The zero-order valence-electron chi connectivity index (χ0n) is 17.6. The molecule has 8 heteroatoms. The molecule has 6 nitrogen and oxygen atoms in total. The monoisotopic (exact) mass is 528 g/mol. The van der Waals surface area contributed by atoms with Gasteiger partial charge in [-0.25, -0.2) is 9.98 Å². The molecule has 1 aliphatic heterocycles. The van der Waals surface area contributed by atoms with E-state index >= 15 is 0 Å². The van der Waals surface area contributed by atoms with Crippen LogP contribution in [0.4, 0.5) is 0 Å². The van der Waals surface area contributed by atoms with Gasteiger partial charge in [0, 0.05) is 50.3 Å². The predicted molar refractivity (Wildman–Crippen MR) is 133 cm³/mol.